The van der Waals surface area contributed by atoms with E-state index in [9.17, 15) is 13.6 Å². The molecule has 1 fully saturated rings. The lowest BCUT2D eigenvalue weighted by Crippen LogP contribution is -3.16. The number of nitrogens with one attached hydrogen (secondary N) is 1. The van der Waals surface area contributed by atoms with Gasteiger partial charge < -0.3 is 4.90 Å². The minimum absolute atomic E-state index is 0.138. The standard InChI is InChI=1S/C22H21F2NO/c1-15(2)25-13-18(11-16-7-3-5-9-20(16)23)22(26)19(14-25)12-17-8-4-6-10-21(17)24/h3-12,15H,13-14H2,1-2H3/p+1/b18-11-,19-12+. The summed E-state index contributed by atoms with van der Waals surface area (Å²) in [6.07, 6.45) is 3.24. The van der Waals surface area contributed by atoms with Crippen LogP contribution in [0.15, 0.2) is 59.7 Å². The quantitative estimate of drug-likeness (QED) is 0.839. The van der Waals surface area contributed by atoms with Crippen molar-refractivity contribution in [2.45, 2.75) is 19.9 Å². The number of carbonyl (C=O) groups excluding carboxylic acids is 1. The zero-order valence-electron chi connectivity index (χ0n) is 14.9. The van der Waals surface area contributed by atoms with Crippen molar-refractivity contribution in [3.05, 3.63) is 82.4 Å². The number of halogens is 2. The fraction of sp³-hybridized carbons (Fsp3) is 0.227. The van der Waals surface area contributed by atoms with Gasteiger partial charge >= 0.3 is 0 Å². The number of hydrogen-bond donors (Lipinski definition) is 1. The number of piperidine rings is 1. The molecule has 1 atom stereocenters. The van der Waals surface area contributed by atoms with E-state index >= 15 is 0 Å². The van der Waals surface area contributed by atoms with E-state index in [-0.39, 0.29) is 23.5 Å². The largest absolute Gasteiger partial charge is 0.325 e. The van der Waals surface area contributed by atoms with Crippen molar-refractivity contribution in [2.75, 3.05) is 13.1 Å². The van der Waals surface area contributed by atoms with Crippen LogP contribution in [0.3, 0.4) is 0 Å². The molecule has 1 aliphatic heterocycles. The topological polar surface area (TPSA) is 21.5 Å². The molecular weight excluding hydrogens is 332 g/mol. The van der Waals surface area contributed by atoms with Crippen LogP contribution in [-0.4, -0.2) is 24.9 Å². The van der Waals surface area contributed by atoms with Gasteiger partial charge in [0.2, 0.25) is 0 Å². The van der Waals surface area contributed by atoms with Crippen LogP contribution in [0.1, 0.15) is 25.0 Å². The van der Waals surface area contributed by atoms with E-state index in [1.165, 1.54) is 17.0 Å². The Morgan fingerprint density at radius 2 is 1.27 bits per heavy atom. The molecular formula is C22H22F2NO+. The summed E-state index contributed by atoms with van der Waals surface area (Å²) in [6.45, 7) is 5.21. The predicted octanol–water partition coefficient (Wildman–Crippen LogP) is 3.31. The Hall–Kier alpha value is -2.59. The van der Waals surface area contributed by atoms with Crippen LogP contribution in [0.4, 0.5) is 8.78 Å². The van der Waals surface area contributed by atoms with Gasteiger partial charge in [-0.15, -0.1) is 0 Å². The summed E-state index contributed by atoms with van der Waals surface area (Å²) in [5, 5.41) is 0. The molecule has 4 heteroatoms. The molecule has 0 aromatic heterocycles. The highest BCUT2D eigenvalue weighted by Crippen LogP contribution is 2.19. The van der Waals surface area contributed by atoms with Gasteiger partial charge in [-0.25, -0.2) is 8.78 Å². The van der Waals surface area contributed by atoms with Crippen LogP contribution >= 0.6 is 0 Å². The average Bonchev–Trinajstić information content (AvgIpc) is 2.61. The zero-order valence-corrected chi connectivity index (χ0v) is 14.9. The molecule has 0 spiro atoms. The number of benzene rings is 2. The van der Waals surface area contributed by atoms with Crippen molar-refractivity contribution >= 4 is 17.9 Å². The Bertz CT molecular complexity index is 816. The molecule has 0 saturated carbocycles. The number of ketones is 1. The SMILES string of the molecule is CC(C)[NH+]1C/C(=C/c2ccccc2F)C(=O)/C(=C/c2ccccc2F)C1. The van der Waals surface area contributed by atoms with Gasteiger partial charge in [0.15, 0.2) is 5.78 Å². The smallest absolute Gasteiger partial charge is 0.196 e. The molecule has 1 N–H and O–H groups in total. The van der Waals surface area contributed by atoms with Gasteiger partial charge in [-0.3, -0.25) is 4.79 Å². The minimum atomic E-state index is -0.357. The van der Waals surface area contributed by atoms with E-state index in [1.807, 2.05) is 0 Å². The Labute approximate surface area is 152 Å². The molecule has 0 amide bonds. The number of quaternary nitrogens is 1. The van der Waals surface area contributed by atoms with Crippen molar-refractivity contribution in [1.82, 2.24) is 0 Å². The Morgan fingerprint density at radius 1 is 0.846 bits per heavy atom. The zero-order chi connectivity index (χ0) is 18.7. The normalized spacial score (nSPS) is 21.0. The second kappa shape index (κ2) is 7.75. The van der Waals surface area contributed by atoms with E-state index < -0.39 is 0 Å². The third-order valence-electron chi connectivity index (χ3n) is 4.70. The highest BCUT2D eigenvalue weighted by atomic mass is 19.1. The summed E-state index contributed by atoms with van der Waals surface area (Å²) in [5.41, 5.74) is 1.89. The van der Waals surface area contributed by atoms with Crippen molar-refractivity contribution in [2.24, 2.45) is 0 Å². The Morgan fingerprint density at radius 3 is 1.65 bits per heavy atom. The van der Waals surface area contributed by atoms with Crippen molar-refractivity contribution < 1.29 is 18.5 Å². The summed E-state index contributed by atoms with van der Waals surface area (Å²) in [5.74, 6) is -0.853. The molecule has 134 valence electrons. The number of likely N-dealkylation sites (tertiary alicyclic amines) is 1. The van der Waals surface area contributed by atoms with Crippen LogP contribution in [0.2, 0.25) is 0 Å². The van der Waals surface area contributed by atoms with Crippen LogP contribution in [0, 0.1) is 11.6 Å². The molecule has 3 rings (SSSR count). The van der Waals surface area contributed by atoms with Gasteiger partial charge in [0.25, 0.3) is 0 Å². The van der Waals surface area contributed by atoms with Gasteiger partial charge in [-0.1, -0.05) is 36.4 Å². The molecule has 2 nitrogen and oxygen atoms in total. The minimum Gasteiger partial charge on any atom is -0.325 e. The first-order valence-corrected chi connectivity index (χ1v) is 8.75. The molecule has 1 aliphatic rings. The highest BCUT2D eigenvalue weighted by molar-refractivity contribution is 6.14. The maximum Gasteiger partial charge on any atom is 0.196 e. The van der Waals surface area contributed by atoms with Crippen molar-refractivity contribution in [3.63, 3.8) is 0 Å². The molecule has 0 bridgehead atoms. The lowest BCUT2D eigenvalue weighted by molar-refractivity contribution is -0.912. The number of Topliss-reactive ketones (excluding diaryl/α,β-unsaturated/α-hetero) is 1. The summed E-state index contributed by atoms with van der Waals surface area (Å²) < 4.78 is 28.0. The van der Waals surface area contributed by atoms with E-state index in [1.54, 1.807) is 48.6 Å². The van der Waals surface area contributed by atoms with Gasteiger partial charge in [0.1, 0.15) is 24.7 Å². The first-order valence-electron chi connectivity index (χ1n) is 8.75. The van der Waals surface area contributed by atoms with Crippen LogP contribution < -0.4 is 4.90 Å². The monoisotopic (exact) mass is 354 g/mol. The maximum absolute atomic E-state index is 14.0. The first kappa shape index (κ1) is 18.2. The van der Waals surface area contributed by atoms with Gasteiger partial charge in [0.05, 0.1) is 17.2 Å². The molecule has 1 heterocycles. The molecule has 0 aliphatic carbocycles. The van der Waals surface area contributed by atoms with Crippen LogP contribution in [0.25, 0.3) is 12.2 Å². The van der Waals surface area contributed by atoms with Crippen molar-refractivity contribution in [1.29, 1.82) is 0 Å². The fourth-order valence-electron chi connectivity index (χ4n) is 3.12. The molecule has 1 saturated heterocycles. The van der Waals surface area contributed by atoms with E-state index in [4.69, 9.17) is 0 Å². The van der Waals surface area contributed by atoms with Crippen LogP contribution in [0.5, 0.6) is 0 Å². The van der Waals surface area contributed by atoms with Crippen molar-refractivity contribution in [3.8, 4) is 0 Å². The Balaban J connectivity index is 2.02. The van der Waals surface area contributed by atoms with Crippen LogP contribution in [-0.2, 0) is 4.79 Å². The second-order valence-electron chi connectivity index (χ2n) is 6.88. The van der Waals surface area contributed by atoms with Gasteiger partial charge in [-0.2, -0.15) is 0 Å². The summed E-state index contributed by atoms with van der Waals surface area (Å²) >= 11 is 0. The number of carbonyl (C=O) groups is 1. The highest BCUT2D eigenvalue weighted by Gasteiger charge is 2.31. The number of rotatable bonds is 3. The summed E-state index contributed by atoms with van der Waals surface area (Å²) in [7, 11) is 0. The van der Waals surface area contributed by atoms with Gasteiger partial charge in [-0.05, 0) is 38.1 Å². The second-order valence-corrected chi connectivity index (χ2v) is 6.88. The molecule has 2 aromatic carbocycles. The van der Waals surface area contributed by atoms with Gasteiger partial charge in [0, 0.05) is 11.1 Å². The fourth-order valence-corrected chi connectivity index (χ4v) is 3.12. The summed E-state index contributed by atoms with van der Waals surface area (Å²) in [6, 6.07) is 13.1. The lowest BCUT2D eigenvalue weighted by atomic mass is 9.93. The average molecular weight is 354 g/mol. The van der Waals surface area contributed by atoms with E-state index in [2.05, 4.69) is 13.8 Å². The molecule has 1 unspecified atom stereocenters. The third-order valence-corrected chi connectivity index (χ3v) is 4.70. The third kappa shape index (κ3) is 3.97. The van der Waals surface area contributed by atoms with E-state index in [0.717, 1.165) is 0 Å². The molecule has 26 heavy (non-hydrogen) atoms. The lowest BCUT2D eigenvalue weighted by Gasteiger charge is -2.30. The number of hydrogen-bond acceptors (Lipinski definition) is 1. The first-order chi connectivity index (χ1) is 12.5. The maximum atomic E-state index is 14.0. The van der Waals surface area contributed by atoms with E-state index in [0.29, 0.717) is 35.4 Å². The molecule has 2 aromatic rings. The summed E-state index contributed by atoms with van der Waals surface area (Å²) in [4.78, 5) is 14.1. The molecule has 0 radical (unpaired) electrons. The Kier molecular flexibility index (Phi) is 5.43. The predicted molar refractivity (Wildman–Crippen MR) is 99.6 cm³/mol.